The van der Waals surface area contributed by atoms with E-state index in [1.54, 1.807) is 48.5 Å². The number of aliphatic hydroxyl groups is 1. The summed E-state index contributed by atoms with van der Waals surface area (Å²) in [6.45, 7) is 4.48. The molecule has 1 fully saturated rings. The number of para-hydroxylation sites is 1. The van der Waals surface area contributed by atoms with E-state index in [1.807, 2.05) is 68.4 Å². The van der Waals surface area contributed by atoms with Crippen LogP contribution < -0.4 is 14.4 Å². The van der Waals surface area contributed by atoms with Crippen LogP contribution in [0.15, 0.2) is 109 Å². The van der Waals surface area contributed by atoms with Crippen molar-refractivity contribution in [2.24, 2.45) is 0 Å². The average Bonchev–Trinajstić information content (AvgIpc) is 3.22. The van der Waals surface area contributed by atoms with Gasteiger partial charge < -0.3 is 14.6 Å². The Bertz CT molecular complexity index is 1530. The number of aliphatic hydroxyl groups excluding tert-OH is 1. The van der Waals surface area contributed by atoms with Crippen LogP contribution in [0.2, 0.25) is 0 Å². The van der Waals surface area contributed by atoms with E-state index in [4.69, 9.17) is 9.47 Å². The van der Waals surface area contributed by atoms with Gasteiger partial charge in [0.1, 0.15) is 23.0 Å². The fraction of sp³-hybridized carbons (Fsp3) is 0.152. The lowest BCUT2D eigenvalue weighted by atomic mass is 9.94. The summed E-state index contributed by atoms with van der Waals surface area (Å²) in [5.41, 5.74) is 2.65. The van der Waals surface area contributed by atoms with Crippen molar-refractivity contribution in [3.8, 4) is 17.2 Å². The molecule has 1 N–H and O–H groups in total. The average molecular weight is 520 g/mol. The van der Waals surface area contributed by atoms with Gasteiger partial charge in [0.2, 0.25) is 0 Å². The number of Topliss-reactive ketones (excluding diaryl/α,β-unsaturated/α-hetero) is 1. The molecular weight excluding hydrogens is 490 g/mol. The van der Waals surface area contributed by atoms with E-state index < -0.39 is 17.7 Å². The number of hydrogen-bond acceptors (Lipinski definition) is 5. The summed E-state index contributed by atoms with van der Waals surface area (Å²) >= 11 is 0. The molecule has 1 saturated heterocycles. The number of amides is 1. The zero-order valence-electron chi connectivity index (χ0n) is 21.8. The van der Waals surface area contributed by atoms with Gasteiger partial charge in [-0.25, -0.2) is 0 Å². The van der Waals surface area contributed by atoms with E-state index in [1.165, 1.54) is 4.90 Å². The van der Waals surface area contributed by atoms with Gasteiger partial charge in [-0.3, -0.25) is 14.5 Å². The standard InChI is InChI=1S/C33H29NO5/c1-3-19-38-28-14-8-11-24(21-28)31(35)29-30(23-10-7-9-22(2)20-23)34(33(37)32(29)36)25-15-17-27(18-16-25)39-26-12-5-4-6-13-26/h4-18,20-21,30,35H,3,19H2,1-2H3/b31-29-. The van der Waals surface area contributed by atoms with Crippen LogP contribution in [0.25, 0.3) is 5.76 Å². The first-order valence-electron chi connectivity index (χ1n) is 12.9. The fourth-order valence-electron chi connectivity index (χ4n) is 4.66. The molecule has 1 aliphatic rings. The van der Waals surface area contributed by atoms with E-state index in [-0.39, 0.29) is 11.3 Å². The summed E-state index contributed by atoms with van der Waals surface area (Å²) < 4.78 is 11.6. The monoisotopic (exact) mass is 519 g/mol. The van der Waals surface area contributed by atoms with Gasteiger partial charge in [0, 0.05) is 11.3 Å². The third-order valence-corrected chi connectivity index (χ3v) is 6.48. The highest BCUT2D eigenvalue weighted by atomic mass is 16.5. The molecule has 0 radical (unpaired) electrons. The Morgan fingerprint density at radius 1 is 0.821 bits per heavy atom. The molecule has 0 saturated carbocycles. The molecule has 39 heavy (non-hydrogen) atoms. The topological polar surface area (TPSA) is 76.1 Å². The van der Waals surface area contributed by atoms with Crippen LogP contribution in [0.4, 0.5) is 5.69 Å². The second-order valence-corrected chi connectivity index (χ2v) is 9.37. The minimum Gasteiger partial charge on any atom is -0.507 e. The number of aryl methyl sites for hydroxylation is 1. The van der Waals surface area contributed by atoms with Crippen molar-refractivity contribution in [2.45, 2.75) is 26.3 Å². The Morgan fingerprint density at radius 2 is 1.51 bits per heavy atom. The number of benzene rings is 4. The number of ether oxygens (including phenoxy) is 2. The molecule has 196 valence electrons. The van der Waals surface area contributed by atoms with Crippen molar-refractivity contribution < 1.29 is 24.2 Å². The van der Waals surface area contributed by atoms with E-state index in [0.29, 0.717) is 35.1 Å². The summed E-state index contributed by atoms with van der Waals surface area (Å²) in [5.74, 6) is 0.166. The summed E-state index contributed by atoms with van der Waals surface area (Å²) in [6.07, 6.45) is 0.837. The Kier molecular flexibility index (Phi) is 7.46. The molecule has 4 aromatic rings. The molecule has 6 heteroatoms. The van der Waals surface area contributed by atoms with Crippen molar-refractivity contribution in [1.29, 1.82) is 0 Å². The largest absolute Gasteiger partial charge is 0.507 e. The third kappa shape index (κ3) is 5.41. The summed E-state index contributed by atoms with van der Waals surface area (Å²) in [7, 11) is 0. The Labute approximate surface area is 227 Å². The van der Waals surface area contributed by atoms with Gasteiger partial charge in [-0.05, 0) is 67.4 Å². The van der Waals surface area contributed by atoms with E-state index in [2.05, 4.69) is 0 Å². The molecule has 1 atom stereocenters. The van der Waals surface area contributed by atoms with Gasteiger partial charge in [-0.1, -0.05) is 67.1 Å². The first kappa shape index (κ1) is 25.8. The molecule has 0 spiro atoms. The first-order valence-corrected chi connectivity index (χ1v) is 12.9. The van der Waals surface area contributed by atoms with Gasteiger partial charge >= 0.3 is 0 Å². The Hall–Kier alpha value is -4.84. The lowest BCUT2D eigenvalue weighted by Crippen LogP contribution is -2.29. The molecule has 5 rings (SSSR count). The minimum atomic E-state index is -0.814. The number of carbonyl (C=O) groups is 2. The molecule has 0 bridgehead atoms. The molecule has 1 amide bonds. The highest BCUT2D eigenvalue weighted by Crippen LogP contribution is 2.43. The van der Waals surface area contributed by atoms with Crippen molar-refractivity contribution in [2.75, 3.05) is 11.5 Å². The van der Waals surface area contributed by atoms with Crippen LogP contribution in [0.5, 0.6) is 17.2 Å². The summed E-state index contributed by atoms with van der Waals surface area (Å²) in [4.78, 5) is 28.4. The predicted molar refractivity (Wildman–Crippen MR) is 151 cm³/mol. The summed E-state index contributed by atoms with van der Waals surface area (Å²) in [5, 5.41) is 11.4. The Morgan fingerprint density at radius 3 is 2.23 bits per heavy atom. The van der Waals surface area contributed by atoms with E-state index in [0.717, 1.165) is 17.5 Å². The zero-order chi connectivity index (χ0) is 27.4. The van der Waals surface area contributed by atoms with Crippen molar-refractivity contribution in [1.82, 2.24) is 0 Å². The highest BCUT2D eigenvalue weighted by molar-refractivity contribution is 6.51. The smallest absolute Gasteiger partial charge is 0.300 e. The molecule has 4 aromatic carbocycles. The molecule has 0 aliphatic carbocycles. The minimum absolute atomic E-state index is 0.0304. The second kappa shape index (κ2) is 11.3. The highest BCUT2D eigenvalue weighted by Gasteiger charge is 2.47. The van der Waals surface area contributed by atoms with Crippen molar-refractivity contribution >= 4 is 23.1 Å². The van der Waals surface area contributed by atoms with Gasteiger partial charge in [0.25, 0.3) is 11.7 Å². The third-order valence-electron chi connectivity index (χ3n) is 6.48. The van der Waals surface area contributed by atoms with Crippen LogP contribution in [0.3, 0.4) is 0 Å². The molecule has 1 aliphatic heterocycles. The van der Waals surface area contributed by atoms with Crippen LogP contribution in [-0.2, 0) is 9.59 Å². The van der Waals surface area contributed by atoms with Crippen LogP contribution in [0.1, 0.15) is 36.1 Å². The lowest BCUT2D eigenvalue weighted by Gasteiger charge is -2.26. The van der Waals surface area contributed by atoms with Crippen LogP contribution in [0, 0.1) is 6.92 Å². The number of anilines is 1. The number of nitrogens with zero attached hydrogens (tertiary/aromatic N) is 1. The van der Waals surface area contributed by atoms with Crippen molar-refractivity contribution in [3.63, 3.8) is 0 Å². The number of hydrogen-bond donors (Lipinski definition) is 1. The zero-order valence-corrected chi connectivity index (χ0v) is 21.8. The normalized spacial score (nSPS) is 16.4. The van der Waals surface area contributed by atoms with Gasteiger partial charge in [0.05, 0.1) is 18.2 Å². The quantitative estimate of drug-likeness (QED) is 0.151. The molecule has 0 aromatic heterocycles. The van der Waals surface area contributed by atoms with Gasteiger partial charge in [0.15, 0.2) is 0 Å². The number of carbonyl (C=O) groups excluding carboxylic acids is 2. The SMILES string of the molecule is CCCOc1cccc(/C(O)=C2/C(=O)C(=O)N(c3ccc(Oc4ccccc4)cc3)C2c2cccc(C)c2)c1. The maximum absolute atomic E-state index is 13.5. The van der Waals surface area contributed by atoms with Crippen molar-refractivity contribution in [3.05, 3.63) is 125 Å². The Balaban J connectivity index is 1.57. The van der Waals surface area contributed by atoms with Gasteiger partial charge in [-0.15, -0.1) is 0 Å². The summed E-state index contributed by atoms with van der Waals surface area (Å²) in [6, 6.07) is 30.1. The molecule has 1 unspecified atom stereocenters. The maximum Gasteiger partial charge on any atom is 0.300 e. The fourth-order valence-corrected chi connectivity index (χ4v) is 4.66. The van der Waals surface area contributed by atoms with Gasteiger partial charge in [-0.2, -0.15) is 0 Å². The molecular formula is C33H29NO5. The van der Waals surface area contributed by atoms with E-state index in [9.17, 15) is 14.7 Å². The van der Waals surface area contributed by atoms with E-state index >= 15 is 0 Å². The first-order chi connectivity index (χ1) is 19.0. The number of rotatable bonds is 8. The van der Waals surface area contributed by atoms with Crippen LogP contribution >= 0.6 is 0 Å². The van der Waals surface area contributed by atoms with Crippen LogP contribution in [-0.4, -0.2) is 23.4 Å². The lowest BCUT2D eigenvalue weighted by molar-refractivity contribution is -0.132. The number of ketones is 1. The molecule has 6 nitrogen and oxygen atoms in total. The predicted octanol–water partition coefficient (Wildman–Crippen LogP) is 7.20. The molecule has 1 heterocycles. The maximum atomic E-state index is 13.5. The second-order valence-electron chi connectivity index (χ2n) is 9.37.